The Bertz CT molecular complexity index is 334. The molecule has 0 aliphatic rings. The molecule has 1 aromatic heterocycles. The molecule has 0 saturated heterocycles. The Morgan fingerprint density at radius 3 is 2.94 bits per heavy atom. The summed E-state index contributed by atoms with van der Waals surface area (Å²) in [6.45, 7) is 4.10. The van der Waals surface area contributed by atoms with Gasteiger partial charge < -0.3 is 11.1 Å². The standard InChI is InChI=1S/C11H20N4O/c1-3-5-6-9(12)11(16)13-10-7-8(4-2)14-15-10/h7,9H,3-6,12H2,1-2H3,(H2,13,14,15,16)/t9-/m0/s1. The van der Waals surface area contributed by atoms with E-state index in [0.717, 1.165) is 25.0 Å². The van der Waals surface area contributed by atoms with E-state index in [1.807, 2.05) is 13.0 Å². The minimum atomic E-state index is -0.443. The van der Waals surface area contributed by atoms with Gasteiger partial charge >= 0.3 is 0 Å². The highest BCUT2D eigenvalue weighted by atomic mass is 16.2. The molecule has 0 aromatic carbocycles. The first-order valence-corrected chi connectivity index (χ1v) is 5.78. The van der Waals surface area contributed by atoms with Crippen LogP contribution < -0.4 is 11.1 Å². The summed E-state index contributed by atoms with van der Waals surface area (Å²) in [7, 11) is 0. The normalized spacial score (nSPS) is 12.4. The molecule has 0 saturated carbocycles. The molecule has 5 nitrogen and oxygen atoms in total. The molecule has 1 amide bonds. The molecule has 5 heteroatoms. The molecule has 0 radical (unpaired) electrons. The van der Waals surface area contributed by atoms with Crippen LogP contribution in [0, 0.1) is 0 Å². The van der Waals surface area contributed by atoms with Crippen LogP contribution in [0.4, 0.5) is 5.82 Å². The summed E-state index contributed by atoms with van der Waals surface area (Å²) in [5.74, 6) is 0.386. The molecule has 0 fully saturated rings. The number of nitrogens with one attached hydrogen (secondary N) is 2. The number of anilines is 1. The fourth-order valence-corrected chi connectivity index (χ4v) is 1.38. The molecule has 0 bridgehead atoms. The molecule has 1 heterocycles. The van der Waals surface area contributed by atoms with Crippen molar-refractivity contribution < 1.29 is 4.79 Å². The van der Waals surface area contributed by atoms with Crippen LogP contribution in [0.2, 0.25) is 0 Å². The van der Waals surface area contributed by atoms with Crippen molar-refractivity contribution in [2.45, 2.75) is 45.6 Å². The molecule has 0 spiro atoms. The van der Waals surface area contributed by atoms with Crippen molar-refractivity contribution in [3.05, 3.63) is 11.8 Å². The molecule has 0 unspecified atom stereocenters. The van der Waals surface area contributed by atoms with E-state index in [4.69, 9.17) is 5.73 Å². The summed E-state index contributed by atoms with van der Waals surface area (Å²) < 4.78 is 0. The number of nitrogens with two attached hydrogens (primary N) is 1. The van der Waals surface area contributed by atoms with E-state index >= 15 is 0 Å². The lowest BCUT2D eigenvalue weighted by molar-refractivity contribution is -0.117. The maximum absolute atomic E-state index is 11.6. The molecule has 16 heavy (non-hydrogen) atoms. The van der Waals surface area contributed by atoms with Crippen LogP contribution >= 0.6 is 0 Å². The molecule has 0 aliphatic heterocycles. The number of aromatic amines is 1. The molecule has 4 N–H and O–H groups in total. The topological polar surface area (TPSA) is 83.8 Å². The molecule has 1 rings (SSSR count). The van der Waals surface area contributed by atoms with E-state index in [-0.39, 0.29) is 5.91 Å². The molecule has 0 aliphatic carbocycles. The van der Waals surface area contributed by atoms with E-state index in [0.29, 0.717) is 12.2 Å². The molecule has 1 atom stereocenters. The van der Waals surface area contributed by atoms with Crippen LogP contribution in [0.1, 0.15) is 38.8 Å². The van der Waals surface area contributed by atoms with Crippen molar-refractivity contribution in [3.63, 3.8) is 0 Å². The second kappa shape index (κ2) is 6.27. The number of unbranched alkanes of at least 4 members (excludes halogenated alkanes) is 1. The third-order valence-electron chi connectivity index (χ3n) is 2.47. The fraction of sp³-hybridized carbons (Fsp3) is 0.636. The predicted molar refractivity (Wildman–Crippen MR) is 64.1 cm³/mol. The number of hydrogen-bond donors (Lipinski definition) is 3. The zero-order chi connectivity index (χ0) is 12.0. The average molecular weight is 224 g/mol. The van der Waals surface area contributed by atoms with Crippen molar-refractivity contribution in [1.29, 1.82) is 0 Å². The van der Waals surface area contributed by atoms with E-state index in [1.54, 1.807) is 0 Å². The summed E-state index contributed by atoms with van der Waals surface area (Å²) in [4.78, 5) is 11.6. The largest absolute Gasteiger partial charge is 0.320 e. The quantitative estimate of drug-likeness (QED) is 0.683. The summed E-state index contributed by atoms with van der Waals surface area (Å²) in [5.41, 5.74) is 6.74. The maximum Gasteiger partial charge on any atom is 0.242 e. The van der Waals surface area contributed by atoms with Crippen molar-refractivity contribution in [3.8, 4) is 0 Å². The predicted octanol–water partition coefficient (Wildman–Crippen LogP) is 1.43. The minimum absolute atomic E-state index is 0.164. The fourth-order valence-electron chi connectivity index (χ4n) is 1.38. The third-order valence-corrected chi connectivity index (χ3v) is 2.47. The second-order valence-electron chi connectivity index (χ2n) is 3.87. The van der Waals surface area contributed by atoms with Crippen molar-refractivity contribution in [2.24, 2.45) is 5.73 Å². The summed E-state index contributed by atoms with van der Waals surface area (Å²) >= 11 is 0. The zero-order valence-electron chi connectivity index (χ0n) is 9.92. The number of hydrogen-bond acceptors (Lipinski definition) is 3. The highest BCUT2D eigenvalue weighted by Gasteiger charge is 2.13. The SMILES string of the molecule is CCCC[C@H](N)C(=O)Nc1cc(CC)[nH]n1. The van der Waals surface area contributed by atoms with Gasteiger partial charge in [0, 0.05) is 11.8 Å². The molecular formula is C11H20N4O. The van der Waals surface area contributed by atoms with Crippen LogP contribution in [0.25, 0.3) is 0 Å². The number of carbonyl (C=O) groups excluding carboxylic acids is 1. The van der Waals surface area contributed by atoms with Crippen LogP contribution in [0.3, 0.4) is 0 Å². The summed E-state index contributed by atoms with van der Waals surface area (Å²) in [6.07, 6.45) is 3.59. The number of rotatable bonds is 6. The van der Waals surface area contributed by atoms with Crippen LogP contribution in [-0.4, -0.2) is 22.1 Å². The monoisotopic (exact) mass is 224 g/mol. The van der Waals surface area contributed by atoms with Gasteiger partial charge in [0.2, 0.25) is 5.91 Å². The van der Waals surface area contributed by atoms with E-state index in [1.165, 1.54) is 0 Å². The van der Waals surface area contributed by atoms with Gasteiger partial charge in [-0.3, -0.25) is 9.89 Å². The van der Waals surface area contributed by atoms with Crippen molar-refractivity contribution in [1.82, 2.24) is 10.2 Å². The third kappa shape index (κ3) is 3.66. The van der Waals surface area contributed by atoms with Gasteiger partial charge in [0.05, 0.1) is 6.04 Å². The number of carbonyl (C=O) groups is 1. The van der Waals surface area contributed by atoms with Gasteiger partial charge in [-0.05, 0) is 12.8 Å². The Morgan fingerprint density at radius 2 is 2.38 bits per heavy atom. The van der Waals surface area contributed by atoms with Gasteiger partial charge in [0.15, 0.2) is 5.82 Å². The van der Waals surface area contributed by atoms with Gasteiger partial charge in [-0.1, -0.05) is 26.7 Å². The highest BCUT2D eigenvalue weighted by molar-refractivity contribution is 5.93. The zero-order valence-corrected chi connectivity index (χ0v) is 9.92. The number of aromatic nitrogens is 2. The maximum atomic E-state index is 11.6. The van der Waals surface area contributed by atoms with Crippen LogP contribution in [0.5, 0.6) is 0 Å². The van der Waals surface area contributed by atoms with Gasteiger partial charge in [-0.25, -0.2) is 0 Å². The minimum Gasteiger partial charge on any atom is -0.320 e. The second-order valence-corrected chi connectivity index (χ2v) is 3.87. The van der Waals surface area contributed by atoms with Gasteiger partial charge in [-0.15, -0.1) is 0 Å². The van der Waals surface area contributed by atoms with Gasteiger partial charge in [-0.2, -0.15) is 5.10 Å². The first-order valence-electron chi connectivity index (χ1n) is 5.78. The van der Waals surface area contributed by atoms with Crippen LogP contribution in [0.15, 0.2) is 6.07 Å². The number of amides is 1. The lowest BCUT2D eigenvalue weighted by Gasteiger charge is -2.09. The first-order chi connectivity index (χ1) is 7.67. The number of H-pyrrole nitrogens is 1. The Kier molecular flexibility index (Phi) is 4.98. The lowest BCUT2D eigenvalue weighted by Crippen LogP contribution is -2.35. The Labute approximate surface area is 95.8 Å². The van der Waals surface area contributed by atoms with E-state index < -0.39 is 6.04 Å². The number of nitrogens with zero attached hydrogens (tertiary/aromatic N) is 1. The summed E-state index contributed by atoms with van der Waals surface area (Å²) in [6, 6.07) is 1.38. The Morgan fingerprint density at radius 1 is 1.62 bits per heavy atom. The number of aryl methyl sites for hydroxylation is 1. The lowest BCUT2D eigenvalue weighted by atomic mass is 10.1. The van der Waals surface area contributed by atoms with Crippen molar-refractivity contribution in [2.75, 3.05) is 5.32 Å². The smallest absolute Gasteiger partial charge is 0.242 e. The first kappa shape index (κ1) is 12.7. The van der Waals surface area contributed by atoms with E-state index in [2.05, 4.69) is 22.4 Å². The van der Waals surface area contributed by atoms with E-state index in [9.17, 15) is 4.79 Å². The van der Waals surface area contributed by atoms with Crippen molar-refractivity contribution >= 4 is 11.7 Å². The summed E-state index contributed by atoms with van der Waals surface area (Å²) in [5, 5.41) is 9.51. The van der Waals surface area contributed by atoms with Gasteiger partial charge in [0.25, 0.3) is 0 Å². The molecular weight excluding hydrogens is 204 g/mol. The average Bonchev–Trinajstić information content (AvgIpc) is 2.73. The van der Waals surface area contributed by atoms with Crippen LogP contribution in [-0.2, 0) is 11.2 Å². The Hall–Kier alpha value is -1.36. The van der Waals surface area contributed by atoms with Gasteiger partial charge in [0.1, 0.15) is 0 Å². The molecule has 1 aromatic rings. The molecule has 90 valence electrons. The Balaban J connectivity index is 2.44. The highest BCUT2D eigenvalue weighted by Crippen LogP contribution is 2.07.